The van der Waals surface area contributed by atoms with E-state index in [2.05, 4.69) is 21.8 Å². The Morgan fingerprint density at radius 3 is 2.90 bits per heavy atom. The molecule has 0 radical (unpaired) electrons. The summed E-state index contributed by atoms with van der Waals surface area (Å²) in [6.45, 7) is 2.83. The van der Waals surface area contributed by atoms with E-state index in [0.29, 0.717) is 5.69 Å². The van der Waals surface area contributed by atoms with Crippen molar-refractivity contribution in [2.45, 2.75) is 19.4 Å². The van der Waals surface area contributed by atoms with Gasteiger partial charge in [-0.15, -0.1) is 0 Å². The van der Waals surface area contributed by atoms with Gasteiger partial charge in [0.15, 0.2) is 5.69 Å². The quantitative estimate of drug-likeness (QED) is 0.797. The van der Waals surface area contributed by atoms with Gasteiger partial charge in [0.2, 0.25) is 0 Å². The number of halogens is 1. The average molecular weight is 268 g/mol. The van der Waals surface area contributed by atoms with Crippen LogP contribution < -0.4 is 4.90 Å². The topological polar surface area (TPSA) is 52.8 Å². The summed E-state index contributed by atoms with van der Waals surface area (Å²) in [7, 11) is 0. The molecule has 20 heavy (non-hydrogen) atoms. The van der Waals surface area contributed by atoms with Crippen molar-refractivity contribution in [1.82, 2.24) is 9.97 Å². The number of fused-ring (bicyclic) bond motifs is 1. The monoisotopic (exact) mass is 268 g/mol. The van der Waals surface area contributed by atoms with Gasteiger partial charge in [0.25, 0.3) is 0 Å². The van der Waals surface area contributed by atoms with Crippen molar-refractivity contribution in [2.75, 3.05) is 11.4 Å². The predicted octanol–water partition coefficient (Wildman–Crippen LogP) is 2.61. The van der Waals surface area contributed by atoms with E-state index in [0.717, 1.165) is 29.9 Å². The van der Waals surface area contributed by atoms with Gasteiger partial charge in [0.05, 0.1) is 18.4 Å². The maximum atomic E-state index is 13.3. The maximum absolute atomic E-state index is 13.3. The second kappa shape index (κ2) is 4.89. The zero-order valence-corrected chi connectivity index (χ0v) is 11.0. The number of rotatable bonds is 1. The van der Waals surface area contributed by atoms with Crippen LogP contribution >= 0.6 is 0 Å². The van der Waals surface area contributed by atoms with Crippen LogP contribution in [-0.4, -0.2) is 16.5 Å². The Labute approximate surface area is 116 Å². The number of nitriles is 1. The number of hydrogen-bond donors (Lipinski definition) is 0. The first-order chi connectivity index (χ1) is 9.69. The minimum atomic E-state index is -0.192. The van der Waals surface area contributed by atoms with Crippen molar-refractivity contribution in [3.8, 4) is 6.07 Å². The van der Waals surface area contributed by atoms with Crippen molar-refractivity contribution < 1.29 is 4.39 Å². The molecule has 1 atom stereocenters. The zero-order chi connectivity index (χ0) is 14.1. The molecule has 2 aromatic rings. The van der Waals surface area contributed by atoms with Gasteiger partial charge < -0.3 is 4.90 Å². The van der Waals surface area contributed by atoms with Gasteiger partial charge in [-0.25, -0.2) is 14.4 Å². The molecule has 4 nitrogen and oxygen atoms in total. The predicted molar refractivity (Wildman–Crippen MR) is 72.6 cm³/mol. The van der Waals surface area contributed by atoms with Crippen molar-refractivity contribution in [1.29, 1.82) is 5.26 Å². The van der Waals surface area contributed by atoms with E-state index < -0.39 is 0 Å². The van der Waals surface area contributed by atoms with Gasteiger partial charge in [0.1, 0.15) is 17.7 Å². The van der Waals surface area contributed by atoms with Crippen LogP contribution in [0.4, 0.5) is 10.2 Å². The van der Waals surface area contributed by atoms with Crippen molar-refractivity contribution in [3.05, 3.63) is 53.2 Å². The molecule has 0 spiro atoms. The lowest BCUT2D eigenvalue weighted by atomic mass is 9.93. The molecule has 5 heteroatoms. The van der Waals surface area contributed by atoms with E-state index in [1.54, 1.807) is 12.3 Å². The molecule has 2 heterocycles. The van der Waals surface area contributed by atoms with E-state index in [9.17, 15) is 4.39 Å². The van der Waals surface area contributed by atoms with Crippen LogP contribution in [0.2, 0.25) is 0 Å². The van der Waals surface area contributed by atoms with Crippen LogP contribution in [0.25, 0.3) is 0 Å². The van der Waals surface area contributed by atoms with Crippen LogP contribution in [0.5, 0.6) is 0 Å². The van der Waals surface area contributed by atoms with Gasteiger partial charge in [-0.3, -0.25) is 0 Å². The summed E-state index contributed by atoms with van der Waals surface area (Å²) in [4.78, 5) is 10.5. The second-order valence-electron chi connectivity index (χ2n) is 4.83. The number of nitrogens with zero attached hydrogens (tertiary/aromatic N) is 4. The Balaban J connectivity index is 1.93. The summed E-state index contributed by atoms with van der Waals surface area (Å²) in [6, 6.07) is 7.00. The van der Waals surface area contributed by atoms with Crippen LogP contribution in [0.1, 0.15) is 29.8 Å². The van der Waals surface area contributed by atoms with Crippen molar-refractivity contribution in [3.63, 3.8) is 0 Å². The van der Waals surface area contributed by atoms with Gasteiger partial charge in [-0.2, -0.15) is 5.26 Å². The SMILES string of the molecule is CC1c2ccc(F)cc2CCN1c1cnc(C#N)cn1. The van der Waals surface area contributed by atoms with E-state index in [1.807, 2.05) is 12.1 Å². The smallest absolute Gasteiger partial charge is 0.158 e. The van der Waals surface area contributed by atoms with Gasteiger partial charge >= 0.3 is 0 Å². The van der Waals surface area contributed by atoms with Crippen LogP contribution in [-0.2, 0) is 6.42 Å². The molecule has 3 rings (SSSR count). The van der Waals surface area contributed by atoms with Crippen LogP contribution in [0.15, 0.2) is 30.6 Å². The summed E-state index contributed by atoms with van der Waals surface area (Å²) in [6.07, 6.45) is 3.87. The highest BCUT2D eigenvalue weighted by Gasteiger charge is 2.25. The molecule has 0 bridgehead atoms. The summed E-state index contributed by atoms with van der Waals surface area (Å²) >= 11 is 0. The highest BCUT2D eigenvalue weighted by atomic mass is 19.1. The van der Waals surface area contributed by atoms with E-state index in [4.69, 9.17) is 5.26 Å². The molecule has 1 aliphatic heterocycles. The Morgan fingerprint density at radius 2 is 2.20 bits per heavy atom. The first-order valence-corrected chi connectivity index (χ1v) is 6.46. The molecule has 0 saturated heterocycles. The fourth-order valence-electron chi connectivity index (χ4n) is 2.64. The number of anilines is 1. The van der Waals surface area contributed by atoms with Crippen LogP contribution in [0, 0.1) is 17.1 Å². The fourth-order valence-corrected chi connectivity index (χ4v) is 2.64. The third-order valence-electron chi connectivity index (χ3n) is 3.69. The first kappa shape index (κ1) is 12.5. The van der Waals surface area contributed by atoms with Crippen molar-refractivity contribution >= 4 is 5.82 Å². The average Bonchev–Trinajstić information content (AvgIpc) is 2.48. The molecule has 1 aromatic carbocycles. The summed E-state index contributed by atoms with van der Waals surface area (Å²) in [5.41, 5.74) is 2.47. The molecule has 0 saturated carbocycles. The standard InChI is InChI=1S/C15H13FN4/c1-10-14-3-2-12(16)6-11(14)4-5-20(10)15-9-18-13(7-17)8-19-15/h2-3,6,8-10H,4-5H2,1H3. The molecule has 100 valence electrons. The Kier molecular flexibility index (Phi) is 3.07. The molecule has 0 amide bonds. The molecular formula is C15H13FN4. The lowest BCUT2D eigenvalue weighted by Crippen LogP contribution is -2.34. The third-order valence-corrected chi connectivity index (χ3v) is 3.69. The van der Waals surface area contributed by atoms with E-state index >= 15 is 0 Å². The second-order valence-corrected chi connectivity index (χ2v) is 4.83. The van der Waals surface area contributed by atoms with Crippen molar-refractivity contribution in [2.24, 2.45) is 0 Å². The Hall–Kier alpha value is -2.48. The molecule has 1 aliphatic rings. The van der Waals surface area contributed by atoms with E-state index in [-0.39, 0.29) is 11.9 Å². The number of benzene rings is 1. The first-order valence-electron chi connectivity index (χ1n) is 6.46. The third kappa shape index (κ3) is 2.10. The normalized spacial score (nSPS) is 17.4. The molecular weight excluding hydrogens is 255 g/mol. The molecule has 1 unspecified atom stereocenters. The Bertz CT molecular complexity index is 675. The summed E-state index contributed by atoms with van der Waals surface area (Å²) in [5, 5.41) is 8.75. The summed E-state index contributed by atoms with van der Waals surface area (Å²) < 4.78 is 13.3. The Morgan fingerprint density at radius 1 is 1.35 bits per heavy atom. The largest absolute Gasteiger partial charge is 0.348 e. The summed E-state index contributed by atoms with van der Waals surface area (Å²) in [5.74, 6) is 0.550. The molecule has 0 fully saturated rings. The minimum Gasteiger partial charge on any atom is -0.348 e. The maximum Gasteiger partial charge on any atom is 0.158 e. The van der Waals surface area contributed by atoms with E-state index in [1.165, 1.54) is 12.3 Å². The lowest BCUT2D eigenvalue weighted by Gasteiger charge is -2.35. The van der Waals surface area contributed by atoms with Gasteiger partial charge in [-0.1, -0.05) is 6.07 Å². The lowest BCUT2D eigenvalue weighted by molar-refractivity contribution is 0.593. The minimum absolute atomic E-state index is 0.113. The highest BCUT2D eigenvalue weighted by Crippen LogP contribution is 2.32. The van der Waals surface area contributed by atoms with Gasteiger partial charge in [-0.05, 0) is 36.6 Å². The molecule has 0 aliphatic carbocycles. The van der Waals surface area contributed by atoms with Gasteiger partial charge in [0, 0.05) is 6.54 Å². The fraction of sp³-hybridized carbons (Fsp3) is 0.267. The highest BCUT2D eigenvalue weighted by molar-refractivity contribution is 5.46. The molecule has 1 aromatic heterocycles. The number of hydrogen-bond acceptors (Lipinski definition) is 4. The zero-order valence-electron chi connectivity index (χ0n) is 11.0. The van der Waals surface area contributed by atoms with Crippen LogP contribution in [0.3, 0.4) is 0 Å². The number of aromatic nitrogens is 2. The molecule has 0 N–H and O–H groups in total.